The number of nitrogens with zero attached hydrogens (tertiary/aromatic N) is 5. The van der Waals surface area contributed by atoms with Crippen LogP contribution < -0.4 is 0 Å². The van der Waals surface area contributed by atoms with Crippen LogP contribution in [0.2, 0.25) is 0 Å². The van der Waals surface area contributed by atoms with E-state index in [2.05, 4.69) is 38.7 Å². The lowest BCUT2D eigenvalue weighted by Crippen LogP contribution is -2.37. The molecule has 134 valence electrons. The highest BCUT2D eigenvalue weighted by molar-refractivity contribution is 5.10. The van der Waals surface area contributed by atoms with Crippen LogP contribution in [0.3, 0.4) is 0 Å². The van der Waals surface area contributed by atoms with Gasteiger partial charge in [0.15, 0.2) is 0 Å². The van der Waals surface area contributed by atoms with E-state index in [1.807, 2.05) is 18.5 Å². The number of imidazole rings is 1. The van der Waals surface area contributed by atoms with Crippen molar-refractivity contribution in [1.82, 2.24) is 24.3 Å². The van der Waals surface area contributed by atoms with Crippen molar-refractivity contribution in [2.75, 3.05) is 33.4 Å². The van der Waals surface area contributed by atoms with E-state index in [-0.39, 0.29) is 0 Å². The van der Waals surface area contributed by atoms with E-state index in [0.717, 1.165) is 58.2 Å². The Morgan fingerprint density at radius 3 is 3.08 bits per heavy atom. The lowest BCUT2D eigenvalue weighted by Gasteiger charge is -2.29. The molecule has 1 saturated heterocycles. The zero-order valence-electron chi connectivity index (χ0n) is 15.0. The quantitative estimate of drug-likeness (QED) is 0.801. The first-order valence-electron chi connectivity index (χ1n) is 9.19. The van der Waals surface area contributed by atoms with Crippen molar-refractivity contribution in [2.45, 2.75) is 32.6 Å². The maximum atomic E-state index is 5.51. The zero-order valence-corrected chi connectivity index (χ0v) is 15.0. The van der Waals surface area contributed by atoms with Crippen molar-refractivity contribution in [3.05, 3.63) is 47.8 Å². The molecule has 2 aliphatic heterocycles. The van der Waals surface area contributed by atoms with Crippen molar-refractivity contribution in [1.29, 1.82) is 0 Å². The van der Waals surface area contributed by atoms with E-state index in [9.17, 15) is 0 Å². The Labute approximate surface area is 149 Å². The first-order chi connectivity index (χ1) is 12.3. The van der Waals surface area contributed by atoms with Gasteiger partial charge in [-0.2, -0.15) is 0 Å². The van der Waals surface area contributed by atoms with Crippen LogP contribution in [-0.2, 0) is 30.9 Å². The second-order valence-electron chi connectivity index (χ2n) is 7.34. The Morgan fingerprint density at radius 1 is 1.32 bits per heavy atom. The lowest BCUT2D eigenvalue weighted by atomic mass is 10.1. The van der Waals surface area contributed by atoms with Crippen molar-refractivity contribution in [2.24, 2.45) is 5.92 Å². The summed E-state index contributed by atoms with van der Waals surface area (Å²) in [5.74, 6) is 1.90. The molecule has 25 heavy (non-hydrogen) atoms. The largest absolute Gasteiger partial charge is 0.381 e. The van der Waals surface area contributed by atoms with Gasteiger partial charge >= 0.3 is 0 Å². The molecule has 1 atom stereocenters. The minimum atomic E-state index is 0.701. The van der Waals surface area contributed by atoms with E-state index in [1.165, 1.54) is 17.8 Å². The SMILES string of the molecule is CN(Cc1cccnc1)Cc1cn2c(n1)CN(C[C@@H]1CCOC1)CC2. The van der Waals surface area contributed by atoms with Crippen molar-refractivity contribution < 1.29 is 4.74 Å². The summed E-state index contributed by atoms with van der Waals surface area (Å²) in [5.41, 5.74) is 2.39. The Morgan fingerprint density at radius 2 is 2.28 bits per heavy atom. The standard InChI is InChI=1S/C19H27N5O/c1-22(10-16-3-2-5-20-9-16)12-18-13-24-7-6-23(14-19(24)21-18)11-17-4-8-25-15-17/h2-3,5,9,13,17H,4,6-8,10-12,14-15H2,1H3/t17-/m0/s1. The summed E-state index contributed by atoms with van der Waals surface area (Å²) in [6, 6.07) is 4.11. The molecule has 0 aliphatic carbocycles. The zero-order chi connectivity index (χ0) is 17.1. The molecule has 0 aromatic carbocycles. The van der Waals surface area contributed by atoms with Gasteiger partial charge in [-0.3, -0.25) is 14.8 Å². The third-order valence-corrected chi connectivity index (χ3v) is 5.08. The Hall–Kier alpha value is -1.76. The minimum absolute atomic E-state index is 0.701. The number of pyridine rings is 1. The Bertz CT molecular complexity index is 680. The smallest absolute Gasteiger partial charge is 0.123 e. The van der Waals surface area contributed by atoms with Crippen LogP contribution in [0.15, 0.2) is 30.7 Å². The highest BCUT2D eigenvalue weighted by Gasteiger charge is 2.23. The molecule has 4 heterocycles. The number of fused-ring (bicyclic) bond motifs is 1. The first kappa shape index (κ1) is 16.7. The summed E-state index contributed by atoms with van der Waals surface area (Å²) in [6.07, 6.45) is 7.18. The van der Waals surface area contributed by atoms with Gasteiger partial charge in [-0.25, -0.2) is 4.98 Å². The highest BCUT2D eigenvalue weighted by Crippen LogP contribution is 2.19. The molecule has 0 spiro atoms. The molecule has 4 rings (SSSR count). The molecule has 0 saturated carbocycles. The molecular formula is C19H27N5O. The van der Waals surface area contributed by atoms with Gasteiger partial charge < -0.3 is 9.30 Å². The van der Waals surface area contributed by atoms with Gasteiger partial charge in [0.25, 0.3) is 0 Å². The molecule has 6 nitrogen and oxygen atoms in total. The van der Waals surface area contributed by atoms with Crippen molar-refractivity contribution >= 4 is 0 Å². The number of ether oxygens (including phenoxy) is 1. The fourth-order valence-electron chi connectivity index (χ4n) is 3.82. The van der Waals surface area contributed by atoms with Gasteiger partial charge in [-0.1, -0.05) is 6.07 Å². The monoisotopic (exact) mass is 341 g/mol. The van der Waals surface area contributed by atoms with E-state index < -0.39 is 0 Å². The molecule has 0 radical (unpaired) electrons. The molecule has 2 aliphatic rings. The summed E-state index contributed by atoms with van der Waals surface area (Å²) < 4.78 is 7.84. The van der Waals surface area contributed by atoms with E-state index in [4.69, 9.17) is 9.72 Å². The number of rotatable bonds is 6. The van der Waals surface area contributed by atoms with Crippen molar-refractivity contribution in [3.8, 4) is 0 Å². The predicted molar refractivity (Wildman–Crippen MR) is 95.8 cm³/mol. The van der Waals surface area contributed by atoms with Crippen LogP contribution >= 0.6 is 0 Å². The van der Waals surface area contributed by atoms with Gasteiger partial charge in [0.2, 0.25) is 0 Å². The molecule has 0 bridgehead atoms. The summed E-state index contributed by atoms with van der Waals surface area (Å²) in [4.78, 5) is 13.9. The molecule has 6 heteroatoms. The molecule has 0 unspecified atom stereocenters. The topological polar surface area (TPSA) is 46.4 Å². The summed E-state index contributed by atoms with van der Waals surface area (Å²) >= 11 is 0. The van der Waals surface area contributed by atoms with E-state index in [1.54, 1.807) is 0 Å². The average molecular weight is 341 g/mol. The first-order valence-corrected chi connectivity index (χ1v) is 9.19. The lowest BCUT2D eigenvalue weighted by molar-refractivity contribution is 0.152. The second-order valence-corrected chi connectivity index (χ2v) is 7.34. The van der Waals surface area contributed by atoms with Gasteiger partial charge in [0.1, 0.15) is 5.82 Å². The average Bonchev–Trinajstić information content (AvgIpc) is 3.24. The number of hydrogen-bond acceptors (Lipinski definition) is 5. The molecule has 1 fully saturated rings. The molecule has 0 amide bonds. The third-order valence-electron chi connectivity index (χ3n) is 5.08. The van der Waals surface area contributed by atoms with Crippen LogP contribution in [0, 0.1) is 5.92 Å². The van der Waals surface area contributed by atoms with E-state index >= 15 is 0 Å². The number of aromatic nitrogens is 3. The molecule has 0 N–H and O–H groups in total. The predicted octanol–water partition coefficient (Wildman–Crippen LogP) is 1.76. The third kappa shape index (κ3) is 4.26. The molecule has 2 aromatic heterocycles. The summed E-state index contributed by atoms with van der Waals surface area (Å²) in [5, 5.41) is 0. The van der Waals surface area contributed by atoms with Crippen LogP contribution in [0.1, 0.15) is 23.5 Å². The maximum Gasteiger partial charge on any atom is 0.123 e. The van der Waals surface area contributed by atoms with Crippen molar-refractivity contribution in [3.63, 3.8) is 0 Å². The van der Waals surface area contributed by atoms with Gasteiger partial charge in [0, 0.05) is 57.9 Å². The van der Waals surface area contributed by atoms with Gasteiger partial charge in [0.05, 0.1) is 18.8 Å². The maximum absolute atomic E-state index is 5.51. The normalized spacial score (nSPS) is 21.0. The number of hydrogen-bond donors (Lipinski definition) is 0. The fourth-order valence-corrected chi connectivity index (χ4v) is 3.82. The minimum Gasteiger partial charge on any atom is -0.381 e. The fraction of sp³-hybridized carbons (Fsp3) is 0.579. The Kier molecular flexibility index (Phi) is 5.10. The highest BCUT2D eigenvalue weighted by atomic mass is 16.5. The second kappa shape index (κ2) is 7.64. The summed E-state index contributed by atoms with van der Waals surface area (Å²) in [7, 11) is 2.14. The van der Waals surface area contributed by atoms with Gasteiger partial charge in [-0.05, 0) is 31.0 Å². The van der Waals surface area contributed by atoms with Crippen LogP contribution in [0.4, 0.5) is 0 Å². The Balaban J connectivity index is 1.33. The van der Waals surface area contributed by atoms with E-state index in [0.29, 0.717) is 5.92 Å². The van der Waals surface area contributed by atoms with Crippen LogP contribution in [0.5, 0.6) is 0 Å². The van der Waals surface area contributed by atoms with Crippen LogP contribution in [0.25, 0.3) is 0 Å². The van der Waals surface area contributed by atoms with Crippen LogP contribution in [-0.4, -0.2) is 57.7 Å². The molecular weight excluding hydrogens is 314 g/mol. The summed E-state index contributed by atoms with van der Waals surface area (Å²) in [6.45, 7) is 7.88. The molecule has 2 aromatic rings. The van der Waals surface area contributed by atoms with Gasteiger partial charge in [-0.15, -0.1) is 0 Å².